The molecule has 3 rings (SSSR count). The summed E-state index contributed by atoms with van der Waals surface area (Å²) in [6, 6.07) is 10.6. The van der Waals surface area contributed by atoms with Crippen LogP contribution in [-0.4, -0.2) is 49.9 Å². The fraction of sp³-hybridized carbons (Fsp3) is 0.273. The second-order valence-electron chi connectivity index (χ2n) is 6.73. The van der Waals surface area contributed by atoms with Crippen molar-refractivity contribution < 1.29 is 23.9 Å². The minimum atomic E-state index is -0.534. The van der Waals surface area contributed by atoms with E-state index in [2.05, 4.69) is 20.6 Å². The molecule has 0 amide bonds. The maximum Gasteiger partial charge on any atom is 0.353 e. The lowest BCUT2D eigenvalue weighted by Gasteiger charge is -2.13. The average molecular weight is 455 g/mol. The van der Waals surface area contributed by atoms with Crippen molar-refractivity contribution >= 4 is 23.0 Å². The van der Waals surface area contributed by atoms with Gasteiger partial charge in [-0.25, -0.2) is 9.97 Å². The lowest BCUT2D eigenvalue weighted by Crippen LogP contribution is -2.11. The van der Waals surface area contributed by atoms with E-state index >= 15 is 0 Å². The Balaban J connectivity index is 1.81. The summed E-state index contributed by atoms with van der Waals surface area (Å²) in [6.45, 7) is 0.398. The molecule has 0 saturated carbocycles. The van der Waals surface area contributed by atoms with Gasteiger partial charge in [-0.3, -0.25) is 10.1 Å². The minimum Gasteiger partial charge on any atom is -0.497 e. The van der Waals surface area contributed by atoms with Crippen molar-refractivity contribution in [2.45, 2.75) is 6.42 Å². The Bertz CT molecular complexity index is 1120. The Kier molecular flexibility index (Phi) is 7.68. The van der Waals surface area contributed by atoms with Crippen LogP contribution in [0.2, 0.25) is 0 Å². The quantitative estimate of drug-likeness (QED) is 0.325. The molecule has 0 spiro atoms. The number of methoxy groups -OCH3 is 4. The second-order valence-corrected chi connectivity index (χ2v) is 6.73. The lowest BCUT2D eigenvalue weighted by atomic mass is 10.1. The van der Waals surface area contributed by atoms with Crippen LogP contribution in [0.3, 0.4) is 0 Å². The molecular formula is C22H25N5O6. The molecule has 0 aliphatic rings. The van der Waals surface area contributed by atoms with Crippen molar-refractivity contribution in [2.24, 2.45) is 0 Å². The van der Waals surface area contributed by atoms with E-state index in [-0.39, 0.29) is 17.3 Å². The molecule has 0 saturated heterocycles. The van der Waals surface area contributed by atoms with Gasteiger partial charge >= 0.3 is 5.69 Å². The molecule has 2 N–H and O–H groups in total. The number of benzene rings is 2. The third kappa shape index (κ3) is 5.50. The Morgan fingerprint density at radius 1 is 0.879 bits per heavy atom. The highest BCUT2D eigenvalue weighted by molar-refractivity contribution is 5.76. The van der Waals surface area contributed by atoms with Gasteiger partial charge in [0, 0.05) is 12.6 Å². The van der Waals surface area contributed by atoms with Gasteiger partial charge in [0.1, 0.15) is 17.8 Å². The number of rotatable bonds is 11. The van der Waals surface area contributed by atoms with Crippen molar-refractivity contribution in [3.05, 3.63) is 58.4 Å². The summed E-state index contributed by atoms with van der Waals surface area (Å²) < 4.78 is 21.1. The summed E-state index contributed by atoms with van der Waals surface area (Å²) in [5, 5.41) is 17.8. The van der Waals surface area contributed by atoms with Gasteiger partial charge in [0.15, 0.2) is 11.5 Å². The number of nitrogens with zero attached hydrogens (tertiary/aromatic N) is 3. The number of ether oxygens (including phenoxy) is 4. The van der Waals surface area contributed by atoms with E-state index in [9.17, 15) is 10.1 Å². The molecule has 1 heterocycles. The summed E-state index contributed by atoms with van der Waals surface area (Å²) >= 11 is 0. The number of hydrogen-bond donors (Lipinski definition) is 2. The van der Waals surface area contributed by atoms with Gasteiger partial charge in [-0.1, -0.05) is 6.07 Å². The van der Waals surface area contributed by atoms with Crippen LogP contribution in [0.4, 0.5) is 23.0 Å². The highest BCUT2D eigenvalue weighted by atomic mass is 16.6. The highest BCUT2D eigenvalue weighted by Gasteiger charge is 2.24. The van der Waals surface area contributed by atoms with E-state index in [0.717, 1.165) is 5.56 Å². The van der Waals surface area contributed by atoms with Crippen LogP contribution in [0.25, 0.3) is 0 Å². The summed E-state index contributed by atoms with van der Waals surface area (Å²) in [7, 11) is 6.16. The molecule has 11 heteroatoms. The molecule has 2 aromatic carbocycles. The van der Waals surface area contributed by atoms with Crippen LogP contribution in [-0.2, 0) is 6.42 Å². The predicted molar refractivity (Wildman–Crippen MR) is 123 cm³/mol. The van der Waals surface area contributed by atoms with Crippen LogP contribution < -0.4 is 29.6 Å². The first-order chi connectivity index (χ1) is 16.0. The van der Waals surface area contributed by atoms with Gasteiger partial charge in [-0.2, -0.15) is 0 Å². The standard InChI is InChI=1S/C22H25N5O6/c1-30-15-6-8-17(31-2)16(12-15)26-22-20(27(28)29)21(24-13-25-22)23-10-9-14-5-7-18(32-3)19(11-14)33-4/h5-8,11-13H,9-10H2,1-4H3,(H2,23,24,25,26). The first-order valence-electron chi connectivity index (χ1n) is 9.94. The van der Waals surface area contributed by atoms with Crippen molar-refractivity contribution in [3.8, 4) is 23.0 Å². The first kappa shape index (κ1) is 23.4. The van der Waals surface area contributed by atoms with E-state index in [1.165, 1.54) is 20.5 Å². The van der Waals surface area contributed by atoms with Crippen LogP contribution in [0, 0.1) is 10.1 Å². The van der Waals surface area contributed by atoms with Gasteiger partial charge in [0.25, 0.3) is 0 Å². The molecule has 0 bridgehead atoms. The smallest absolute Gasteiger partial charge is 0.353 e. The zero-order valence-electron chi connectivity index (χ0n) is 18.7. The molecule has 174 valence electrons. The number of aromatic nitrogens is 2. The fourth-order valence-electron chi connectivity index (χ4n) is 3.17. The van der Waals surface area contributed by atoms with E-state index < -0.39 is 4.92 Å². The van der Waals surface area contributed by atoms with Crippen molar-refractivity contribution in [1.82, 2.24) is 9.97 Å². The second kappa shape index (κ2) is 10.8. The van der Waals surface area contributed by atoms with Gasteiger partial charge in [-0.05, 0) is 36.2 Å². The van der Waals surface area contributed by atoms with Crippen LogP contribution >= 0.6 is 0 Å². The summed E-state index contributed by atoms with van der Waals surface area (Å²) in [4.78, 5) is 19.5. The molecule has 0 unspecified atom stereocenters. The molecule has 0 atom stereocenters. The predicted octanol–water partition coefficient (Wildman–Crippen LogP) is 3.82. The molecule has 0 aliphatic carbocycles. The summed E-state index contributed by atoms with van der Waals surface area (Å²) in [5.74, 6) is 2.40. The van der Waals surface area contributed by atoms with Gasteiger partial charge in [0.2, 0.25) is 11.6 Å². The Morgan fingerprint density at radius 2 is 1.58 bits per heavy atom. The summed E-state index contributed by atoms with van der Waals surface area (Å²) in [6.07, 6.45) is 1.83. The molecule has 3 aromatic rings. The molecule has 0 fully saturated rings. The van der Waals surface area contributed by atoms with Crippen molar-refractivity contribution in [2.75, 3.05) is 45.6 Å². The monoisotopic (exact) mass is 455 g/mol. The largest absolute Gasteiger partial charge is 0.497 e. The molecule has 11 nitrogen and oxygen atoms in total. The number of anilines is 3. The Hall–Kier alpha value is -4.28. The van der Waals surface area contributed by atoms with E-state index in [0.29, 0.717) is 41.7 Å². The normalized spacial score (nSPS) is 10.3. The topological polar surface area (TPSA) is 130 Å². The van der Waals surface area contributed by atoms with Crippen LogP contribution in [0.5, 0.6) is 23.0 Å². The van der Waals surface area contributed by atoms with Gasteiger partial charge < -0.3 is 29.6 Å². The van der Waals surface area contributed by atoms with E-state index in [1.807, 2.05) is 18.2 Å². The third-order valence-electron chi connectivity index (χ3n) is 4.82. The fourth-order valence-corrected chi connectivity index (χ4v) is 3.17. The number of nitrogens with one attached hydrogen (secondary N) is 2. The summed E-state index contributed by atoms with van der Waals surface area (Å²) in [5.41, 5.74) is 1.15. The zero-order chi connectivity index (χ0) is 23.8. The molecule has 0 radical (unpaired) electrons. The van der Waals surface area contributed by atoms with Crippen LogP contribution in [0.1, 0.15) is 5.56 Å². The minimum absolute atomic E-state index is 0.0233. The first-order valence-corrected chi connectivity index (χ1v) is 9.94. The highest BCUT2D eigenvalue weighted by Crippen LogP contribution is 2.36. The zero-order valence-corrected chi connectivity index (χ0v) is 18.7. The molecular weight excluding hydrogens is 430 g/mol. The van der Waals surface area contributed by atoms with Crippen molar-refractivity contribution in [1.29, 1.82) is 0 Å². The molecule has 33 heavy (non-hydrogen) atoms. The van der Waals surface area contributed by atoms with Gasteiger partial charge in [-0.15, -0.1) is 0 Å². The Morgan fingerprint density at radius 3 is 2.24 bits per heavy atom. The number of hydrogen-bond acceptors (Lipinski definition) is 10. The maximum absolute atomic E-state index is 11.9. The number of nitro groups is 1. The third-order valence-corrected chi connectivity index (χ3v) is 4.82. The molecule has 1 aromatic heterocycles. The molecule has 0 aliphatic heterocycles. The SMILES string of the molecule is COc1ccc(OC)c(Nc2ncnc(NCCc3ccc(OC)c(OC)c3)c2[N+](=O)[O-])c1. The van der Waals surface area contributed by atoms with Gasteiger partial charge in [0.05, 0.1) is 39.0 Å². The van der Waals surface area contributed by atoms with Crippen molar-refractivity contribution in [3.63, 3.8) is 0 Å². The lowest BCUT2D eigenvalue weighted by molar-refractivity contribution is -0.383. The average Bonchev–Trinajstić information content (AvgIpc) is 2.83. The maximum atomic E-state index is 11.9. The van der Waals surface area contributed by atoms with E-state index in [1.54, 1.807) is 32.4 Å². The Labute approximate surface area is 190 Å². The van der Waals surface area contributed by atoms with Crippen LogP contribution in [0.15, 0.2) is 42.7 Å². The van der Waals surface area contributed by atoms with E-state index in [4.69, 9.17) is 18.9 Å².